The summed E-state index contributed by atoms with van der Waals surface area (Å²) in [5.41, 5.74) is 2.25. The molecule has 0 fully saturated rings. The van der Waals surface area contributed by atoms with Crippen LogP contribution in [-0.2, 0) is 5.75 Å². The normalized spacial score (nSPS) is 10.3. The number of rotatable bonds is 8. The standard InChI is InChI=1S/C22H21NO3S/c24-22(23-18-8-6-7-17(15-18)16-27)20-11-4-5-12-21(20)26-14-13-25-19-9-2-1-3-10-19/h1-12,15,27H,13-14,16H2,(H,23,24). The molecule has 0 aromatic heterocycles. The smallest absolute Gasteiger partial charge is 0.259 e. The molecule has 0 aliphatic heterocycles. The molecule has 27 heavy (non-hydrogen) atoms. The number of anilines is 1. The molecule has 3 aromatic rings. The van der Waals surface area contributed by atoms with E-state index < -0.39 is 0 Å². The van der Waals surface area contributed by atoms with Crippen LogP contribution in [0.1, 0.15) is 15.9 Å². The van der Waals surface area contributed by atoms with Crippen molar-refractivity contribution < 1.29 is 14.3 Å². The first-order chi connectivity index (χ1) is 13.3. The number of benzene rings is 3. The molecule has 0 aliphatic rings. The van der Waals surface area contributed by atoms with Crippen molar-refractivity contribution in [3.63, 3.8) is 0 Å². The highest BCUT2D eigenvalue weighted by Gasteiger charge is 2.12. The Kier molecular flexibility index (Phi) is 6.77. The van der Waals surface area contributed by atoms with Gasteiger partial charge in [0.2, 0.25) is 0 Å². The highest BCUT2D eigenvalue weighted by atomic mass is 32.1. The van der Waals surface area contributed by atoms with Crippen LogP contribution < -0.4 is 14.8 Å². The van der Waals surface area contributed by atoms with E-state index in [0.29, 0.717) is 30.3 Å². The maximum absolute atomic E-state index is 12.6. The van der Waals surface area contributed by atoms with Crippen molar-refractivity contribution in [3.05, 3.63) is 90.0 Å². The number of para-hydroxylation sites is 2. The fourth-order valence-electron chi connectivity index (χ4n) is 2.55. The number of thiol groups is 1. The largest absolute Gasteiger partial charge is 0.490 e. The van der Waals surface area contributed by atoms with Crippen molar-refractivity contribution in [1.82, 2.24) is 0 Å². The number of hydrogen-bond acceptors (Lipinski definition) is 4. The van der Waals surface area contributed by atoms with E-state index in [1.54, 1.807) is 12.1 Å². The van der Waals surface area contributed by atoms with Gasteiger partial charge in [0.05, 0.1) is 5.56 Å². The lowest BCUT2D eigenvalue weighted by atomic mass is 10.1. The van der Waals surface area contributed by atoms with Crippen molar-refractivity contribution in [2.24, 2.45) is 0 Å². The minimum absolute atomic E-state index is 0.217. The zero-order valence-electron chi connectivity index (χ0n) is 14.8. The van der Waals surface area contributed by atoms with Gasteiger partial charge in [-0.2, -0.15) is 12.6 Å². The molecular formula is C22H21NO3S. The fraction of sp³-hybridized carbons (Fsp3) is 0.136. The maximum Gasteiger partial charge on any atom is 0.259 e. The van der Waals surface area contributed by atoms with E-state index in [4.69, 9.17) is 9.47 Å². The van der Waals surface area contributed by atoms with Gasteiger partial charge in [-0.05, 0) is 42.0 Å². The molecule has 3 aromatic carbocycles. The maximum atomic E-state index is 12.6. The Morgan fingerprint density at radius 3 is 2.41 bits per heavy atom. The number of hydrogen-bond donors (Lipinski definition) is 2. The van der Waals surface area contributed by atoms with Crippen molar-refractivity contribution in [2.45, 2.75) is 5.75 Å². The summed E-state index contributed by atoms with van der Waals surface area (Å²) in [5.74, 6) is 1.71. The molecule has 0 aliphatic carbocycles. The lowest BCUT2D eigenvalue weighted by Gasteiger charge is -2.12. The molecule has 0 heterocycles. The van der Waals surface area contributed by atoms with E-state index in [2.05, 4.69) is 17.9 Å². The quantitative estimate of drug-likeness (QED) is 0.435. The molecule has 0 atom stereocenters. The van der Waals surface area contributed by atoms with Crippen LogP contribution in [-0.4, -0.2) is 19.1 Å². The monoisotopic (exact) mass is 379 g/mol. The van der Waals surface area contributed by atoms with Crippen LogP contribution in [0.5, 0.6) is 11.5 Å². The Morgan fingerprint density at radius 2 is 1.59 bits per heavy atom. The van der Waals surface area contributed by atoms with Gasteiger partial charge < -0.3 is 14.8 Å². The summed E-state index contributed by atoms with van der Waals surface area (Å²) >= 11 is 4.26. The van der Waals surface area contributed by atoms with Crippen molar-refractivity contribution >= 4 is 24.2 Å². The van der Waals surface area contributed by atoms with E-state index in [-0.39, 0.29) is 5.91 Å². The van der Waals surface area contributed by atoms with Gasteiger partial charge in [-0.3, -0.25) is 4.79 Å². The average Bonchev–Trinajstić information content (AvgIpc) is 2.72. The van der Waals surface area contributed by atoms with Crippen LogP contribution in [0.15, 0.2) is 78.9 Å². The Bertz CT molecular complexity index is 883. The first-order valence-corrected chi connectivity index (χ1v) is 9.30. The third kappa shape index (κ3) is 5.53. The lowest BCUT2D eigenvalue weighted by molar-refractivity contribution is 0.102. The molecule has 4 nitrogen and oxygen atoms in total. The van der Waals surface area contributed by atoms with Gasteiger partial charge >= 0.3 is 0 Å². The molecule has 0 unspecified atom stereocenters. The molecule has 0 spiro atoms. The van der Waals surface area contributed by atoms with E-state index in [9.17, 15) is 4.79 Å². The highest BCUT2D eigenvalue weighted by molar-refractivity contribution is 7.79. The average molecular weight is 379 g/mol. The van der Waals surface area contributed by atoms with Gasteiger partial charge in [0.15, 0.2) is 0 Å². The summed E-state index contributed by atoms with van der Waals surface area (Å²) in [5, 5.41) is 2.91. The van der Waals surface area contributed by atoms with E-state index in [1.807, 2.05) is 66.7 Å². The number of nitrogens with one attached hydrogen (secondary N) is 1. The van der Waals surface area contributed by atoms with Crippen LogP contribution in [0.4, 0.5) is 5.69 Å². The predicted octanol–water partition coefficient (Wildman–Crippen LogP) is 4.83. The van der Waals surface area contributed by atoms with Gasteiger partial charge in [0, 0.05) is 11.4 Å². The molecule has 1 amide bonds. The SMILES string of the molecule is O=C(Nc1cccc(CS)c1)c1ccccc1OCCOc1ccccc1. The first kappa shape index (κ1) is 18.9. The zero-order valence-corrected chi connectivity index (χ0v) is 15.7. The van der Waals surface area contributed by atoms with E-state index >= 15 is 0 Å². The second kappa shape index (κ2) is 9.69. The number of carbonyl (C=O) groups excluding carboxylic acids is 1. The number of amides is 1. The number of carbonyl (C=O) groups is 1. The summed E-state index contributed by atoms with van der Waals surface area (Å²) < 4.78 is 11.4. The summed E-state index contributed by atoms with van der Waals surface area (Å²) in [4.78, 5) is 12.6. The van der Waals surface area contributed by atoms with Gasteiger partial charge in [-0.1, -0.05) is 42.5 Å². The molecule has 0 saturated heterocycles. The van der Waals surface area contributed by atoms with Gasteiger partial charge in [0.25, 0.3) is 5.91 Å². The second-order valence-corrected chi connectivity index (χ2v) is 6.13. The Balaban J connectivity index is 1.60. The lowest BCUT2D eigenvalue weighted by Crippen LogP contribution is -2.15. The Labute approximate surface area is 164 Å². The molecule has 3 rings (SSSR count). The minimum Gasteiger partial charge on any atom is -0.490 e. The summed E-state index contributed by atoms with van der Waals surface area (Å²) in [6.07, 6.45) is 0. The van der Waals surface area contributed by atoms with Crippen molar-refractivity contribution in [1.29, 1.82) is 0 Å². The van der Waals surface area contributed by atoms with Crippen LogP contribution in [0.3, 0.4) is 0 Å². The topological polar surface area (TPSA) is 47.6 Å². The molecular weight excluding hydrogens is 358 g/mol. The van der Waals surface area contributed by atoms with Gasteiger partial charge in [0.1, 0.15) is 24.7 Å². The Morgan fingerprint density at radius 1 is 0.852 bits per heavy atom. The molecule has 0 bridgehead atoms. The summed E-state index contributed by atoms with van der Waals surface area (Å²) in [6.45, 7) is 0.734. The van der Waals surface area contributed by atoms with Gasteiger partial charge in [-0.15, -0.1) is 0 Å². The Hall–Kier alpha value is -2.92. The first-order valence-electron chi connectivity index (χ1n) is 8.67. The van der Waals surface area contributed by atoms with E-state index in [0.717, 1.165) is 17.0 Å². The van der Waals surface area contributed by atoms with Crippen molar-refractivity contribution in [3.8, 4) is 11.5 Å². The van der Waals surface area contributed by atoms with Crippen LogP contribution in [0, 0.1) is 0 Å². The van der Waals surface area contributed by atoms with Gasteiger partial charge in [-0.25, -0.2) is 0 Å². The van der Waals surface area contributed by atoms with Crippen molar-refractivity contribution in [2.75, 3.05) is 18.5 Å². The van der Waals surface area contributed by atoms with Crippen LogP contribution in [0.25, 0.3) is 0 Å². The van der Waals surface area contributed by atoms with E-state index in [1.165, 1.54) is 0 Å². The molecule has 0 radical (unpaired) electrons. The van der Waals surface area contributed by atoms with Crippen LogP contribution in [0.2, 0.25) is 0 Å². The second-order valence-electron chi connectivity index (χ2n) is 5.82. The fourth-order valence-corrected chi connectivity index (χ4v) is 2.75. The molecule has 1 N–H and O–H groups in total. The number of ether oxygens (including phenoxy) is 2. The minimum atomic E-state index is -0.217. The molecule has 0 saturated carbocycles. The third-order valence-electron chi connectivity index (χ3n) is 3.85. The summed E-state index contributed by atoms with van der Waals surface area (Å²) in [7, 11) is 0. The zero-order chi connectivity index (χ0) is 18.9. The summed E-state index contributed by atoms with van der Waals surface area (Å²) in [6, 6.07) is 24.3. The van der Waals surface area contributed by atoms with Crippen LogP contribution >= 0.6 is 12.6 Å². The molecule has 5 heteroatoms. The third-order valence-corrected chi connectivity index (χ3v) is 4.22. The predicted molar refractivity (Wildman–Crippen MR) is 111 cm³/mol. The highest BCUT2D eigenvalue weighted by Crippen LogP contribution is 2.20. The molecule has 138 valence electrons.